The second kappa shape index (κ2) is 6.55. The number of rotatable bonds is 5. The molecule has 3 rings (SSSR count). The zero-order valence-electron chi connectivity index (χ0n) is 12.1. The highest BCUT2D eigenvalue weighted by Crippen LogP contribution is 2.14. The van der Waals surface area contributed by atoms with Crippen LogP contribution >= 0.6 is 0 Å². The SMILES string of the molecule is O=C(N[C@H](CO)CN1CCOCC1)c1cn2c(n1)CCC2. The quantitative estimate of drug-likeness (QED) is 0.747. The molecular formula is C14H22N4O3. The van der Waals surface area contributed by atoms with Crippen LogP contribution in [0.5, 0.6) is 0 Å². The molecule has 21 heavy (non-hydrogen) atoms. The van der Waals surface area contributed by atoms with Gasteiger partial charge in [-0.05, 0) is 6.42 Å². The highest BCUT2D eigenvalue weighted by molar-refractivity contribution is 5.92. The van der Waals surface area contributed by atoms with Gasteiger partial charge in [0.1, 0.15) is 11.5 Å². The summed E-state index contributed by atoms with van der Waals surface area (Å²) in [5.41, 5.74) is 0.449. The van der Waals surface area contributed by atoms with Gasteiger partial charge in [-0.3, -0.25) is 9.69 Å². The lowest BCUT2D eigenvalue weighted by Gasteiger charge is -2.29. The van der Waals surface area contributed by atoms with Gasteiger partial charge < -0.3 is 19.7 Å². The van der Waals surface area contributed by atoms with Crippen LogP contribution in [0.15, 0.2) is 6.20 Å². The number of carbonyl (C=O) groups is 1. The Morgan fingerprint density at radius 1 is 1.43 bits per heavy atom. The van der Waals surface area contributed by atoms with Crippen LogP contribution in [0.2, 0.25) is 0 Å². The van der Waals surface area contributed by atoms with E-state index in [4.69, 9.17) is 4.74 Å². The summed E-state index contributed by atoms with van der Waals surface area (Å²) in [6, 6.07) is -0.271. The van der Waals surface area contributed by atoms with Gasteiger partial charge >= 0.3 is 0 Å². The van der Waals surface area contributed by atoms with E-state index in [1.54, 1.807) is 6.20 Å². The molecule has 7 nitrogen and oxygen atoms in total. The minimum Gasteiger partial charge on any atom is -0.394 e. The van der Waals surface area contributed by atoms with Gasteiger partial charge in [-0.1, -0.05) is 0 Å². The van der Waals surface area contributed by atoms with Crippen molar-refractivity contribution in [2.45, 2.75) is 25.4 Å². The van der Waals surface area contributed by atoms with Crippen LogP contribution in [0.3, 0.4) is 0 Å². The molecule has 1 aromatic rings. The number of nitrogens with one attached hydrogen (secondary N) is 1. The van der Waals surface area contributed by atoms with Gasteiger partial charge in [-0.15, -0.1) is 0 Å². The Bertz CT molecular complexity index is 475. The Hall–Kier alpha value is -1.44. The second-order valence-electron chi connectivity index (χ2n) is 5.61. The fraction of sp³-hybridized carbons (Fsp3) is 0.714. The van der Waals surface area contributed by atoms with Crippen molar-refractivity contribution in [1.29, 1.82) is 0 Å². The molecule has 0 bridgehead atoms. The van der Waals surface area contributed by atoms with Crippen LogP contribution in [-0.4, -0.2) is 71.0 Å². The number of carbonyl (C=O) groups excluding carboxylic acids is 1. The molecule has 2 aliphatic rings. The van der Waals surface area contributed by atoms with E-state index in [1.807, 2.05) is 4.57 Å². The molecule has 116 valence electrons. The molecule has 1 atom stereocenters. The number of ether oxygens (including phenoxy) is 1. The molecule has 2 N–H and O–H groups in total. The summed E-state index contributed by atoms with van der Waals surface area (Å²) in [7, 11) is 0. The molecule has 0 aromatic carbocycles. The van der Waals surface area contributed by atoms with E-state index in [0.717, 1.165) is 38.3 Å². The van der Waals surface area contributed by atoms with Crippen molar-refractivity contribution < 1.29 is 14.6 Å². The van der Waals surface area contributed by atoms with Gasteiger partial charge in [-0.25, -0.2) is 4.98 Å². The van der Waals surface area contributed by atoms with Gasteiger partial charge in [0.15, 0.2) is 0 Å². The first-order valence-corrected chi connectivity index (χ1v) is 7.54. The number of morpholine rings is 1. The van der Waals surface area contributed by atoms with E-state index >= 15 is 0 Å². The van der Waals surface area contributed by atoms with Gasteiger partial charge in [0, 0.05) is 38.8 Å². The average Bonchev–Trinajstić information content (AvgIpc) is 3.08. The van der Waals surface area contributed by atoms with Crippen LogP contribution in [0.25, 0.3) is 0 Å². The third kappa shape index (κ3) is 3.42. The van der Waals surface area contributed by atoms with Crippen molar-refractivity contribution in [2.24, 2.45) is 0 Å². The predicted octanol–water partition coefficient (Wildman–Crippen LogP) is -0.748. The van der Waals surface area contributed by atoms with E-state index < -0.39 is 0 Å². The molecule has 0 unspecified atom stereocenters. The zero-order chi connectivity index (χ0) is 14.7. The van der Waals surface area contributed by atoms with Gasteiger partial charge in [0.25, 0.3) is 5.91 Å². The number of amides is 1. The Kier molecular flexibility index (Phi) is 4.52. The van der Waals surface area contributed by atoms with Crippen molar-refractivity contribution in [3.63, 3.8) is 0 Å². The van der Waals surface area contributed by atoms with Gasteiger partial charge in [0.05, 0.1) is 25.9 Å². The molecule has 1 aromatic heterocycles. The number of aromatic nitrogens is 2. The number of hydrogen-bond donors (Lipinski definition) is 2. The summed E-state index contributed by atoms with van der Waals surface area (Å²) in [5, 5.41) is 12.3. The van der Waals surface area contributed by atoms with E-state index in [2.05, 4.69) is 15.2 Å². The Morgan fingerprint density at radius 2 is 2.24 bits per heavy atom. The minimum atomic E-state index is -0.271. The smallest absolute Gasteiger partial charge is 0.271 e. The molecule has 0 aliphatic carbocycles. The molecule has 7 heteroatoms. The lowest BCUT2D eigenvalue weighted by molar-refractivity contribution is 0.0296. The molecule has 1 amide bonds. The monoisotopic (exact) mass is 294 g/mol. The number of aryl methyl sites for hydroxylation is 2. The van der Waals surface area contributed by atoms with Crippen LogP contribution in [0.1, 0.15) is 22.7 Å². The molecule has 0 saturated carbocycles. The number of fused-ring (bicyclic) bond motifs is 1. The van der Waals surface area contributed by atoms with E-state index in [-0.39, 0.29) is 18.6 Å². The normalized spacial score (nSPS) is 20.2. The first-order chi connectivity index (χ1) is 10.3. The fourth-order valence-electron chi connectivity index (χ4n) is 2.87. The summed E-state index contributed by atoms with van der Waals surface area (Å²) in [4.78, 5) is 18.8. The van der Waals surface area contributed by atoms with Crippen LogP contribution in [0, 0.1) is 0 Å². The molecule has 3 heterocycles. The van der Waals surface area contributed by atoms with Crippen molar-refractivity contribution in [3.8, 4) is 0 Å². The molecule has 0 radical (unpaired) electrons. The Morgan fingerprint density at radius 3 is 2.95 bits per heavy atom. The predicted molar refractivity (Wildman–Crippen MR) is 76.1 cm³/mol. The largest absolute Gasteiger partial charge is 0.394 e. The van der Waals surface area contributed by atoms with Crippen molar-refractivity contribution in [1.82, 2.24) is 19.8 Å². The molecule has 1 fully saturated rings. The third-order valence-corrected chi connectivity index (χ3v) is 4.03. The first kappa shape index (κ1) is 14.5. The van der Waals surface area contributed by atoms with E-state index in [0.29, 0.717) is 25.5 Å². The summed E-state index contributed by atoms with van der Waals surface area (Å²) in [5.74, 6) is 0.776. The first-order valence-electron chi connectivity index (χ1n) is 7.54. The summed E-state index contributed by atoms with van der Waals surface area (Å²) >= 11 is 0. The number of nitrogens with zero attached hydrogens (tertiary/aromatic N) is 3. The highest BCUT2D eigenvalue weighted by Gasteiger charge is 2.22. The maximum absolute atomic E-state index is 12.2. The fourth-order valence-corrected chi connectivity index (χ4v) is 2.87. The highest BCUT2D eigenvalue weighted by atomic mass is 16.5. The van der Waals surface area contributed by atoms with Crippen LogP contribution in [0.4, 0.5) is 0 Å². The number of aliphatic hydroxyl groups excluding tert-OH is 1. The molecule has 0 spiro atoms. The van der Waals surface area contributed by atoms with Gasteiger partial charge in [0.2, 0.25) is 0 Å². The average molecular weight is 294 g/mol. The lowest BCUT2D eigenvalue weighted by Crippen LogP contribution is -2.49. The van der Waals surface area contributed by atoms with E-state index in [9.17, 15) is 9.90 Å². The minimum absolute atomic E-state index is 0.0728. The van der Waals surface area contributed by atoms with Crippen molar-refractivity contribution in [2.75, 3.05) is 39.5 Å². The van der Waals surface area contributed by atoms with E-state index in [1.165, 1.54) is 0 Å². The summed E-state index contributed by atoms with van der Waals surface area (Å²) in [6.07, 6.45) is 3.84. The Labute approximate surface area is 123 Å². The maximum Gasteiger partial charge on any atom is 0.271 e. The van der Waals surface area contributed by atoms with Crippen LogP contribution < -0.4 is 5.32 Å². The summed E-state index contributed by atoms with van der Waals surface area (Å²) in [6.45, 7) is 4.60. The number of imidazole rings is 1. The topological polar surface area (TPSA) is 79.6 Å². The van der Waals surface area contributed by atoms with Crippen LogP contribution in [-0.2, 0) is 17.7 Å². The number of aliphatic hydroxyl groups is 1. The summed E-state index contributed by atoms with van der Waals surface area (Å²) < 4.78 is 7.33. The van der Waals surface area contributed by atoms with Gasteiger partial charge in [-0.2, -0.15) is 0 Å². The standard InChI is InChI=1S/C14H22N4O3/c19-10-11(8-17-4-6-21-7-5-17)15-14(20)12-9-18-3-1-2-13(18)16-12/h9,11,19H,1-8,10H2,(H,15,20)/t11-/m0/s1. The molecular weight excluding hydrogens is 272 g/mol. The second-order valence-corrected chi connectivity index (χ2v) is 5.61. The molecule has 2 aliphatic heterocycles. The van der Waals surface area contributed by atoms with Crippen molar-refractivity contribution in [3.05, 3.63) is 17.7 Å². The number of hydrogen-bond acceptors (Lipinski definition) is 5. The van der Waals surface area contributed by atoms with Crippen molar-refractivity contribution >= 4 is 5.91 Å². The zero-order valence-corrected chi connectivity index (χ0v) is 12.1. The third-order valence-electron chi connectivity index (χ3n) is 4.03. The lowest BCUT2D eigenvalue weighted by atomic mass is 10.2. The Balaban J connectivity index is 1.56. The maximum atomic E-state index is 12.2. The molecule has 1 saturated heterocycles.